The number of aliphatic hydroxyl groups is 1. The Labute approximate surface area is 129 Å². The molecule has 2 rings (SSSR count). The van der Waals surface area contributed by atoms with Crippen molar-refractivity contribution in [1.29, 1.82) is 0 Å². The Kier molecular flexibility index (Phi) is 5.65. The van der Waals surface area contributed by atoms with Gasteiger partial charge in [0.25, 0.3) is 0 Å². The van der Waals surface area contributed by atoms with Crippen LogP contribution in [0.4, 0.5) is 5.69 Å². The first-order valence-corrected chi connectivity index (χ1v) is 8.18. The molecule has 1 unspecified atom stereocenters. The zero-order valence-corrected chi connectivity index (χ0v) is 14.0. The summed E-state index contributed by atoms with van der Waals surface area (Å²) in [6.07, 6.45) is 2.80. The van der Waals surface area contributed by atoms with Crippen molar-refractivity contribution in [3.8, 4) is 0 Å². The van der Waals surface area contributed by atoms with Gasteiger partial charge in [-0.05, 0) is 56.5 Å². The van der Waals surface area contributed by atoms with E-state index < -0.39 is 0 Å². The molecule has 0 aliphatic carbocycles. The van der Waals surface area contributed by atoms with Gasteiger partial charge in [0.15, 0.2) is 0 Å². The van der Waals surface area contributed by atoms with E-state index in [0.29, 0.717) is 5.92 Å². The Morgan fingerprint density at radius 3 is 2.71 bits per heavy atom. The van der Waals surface area contributed by atoms with E-state index in [1.165, 1.54) is 17.7 Å². The number of benzene rings is 1. The summed E-state index contributed by atoms with van der Waals surface area (Å²) in [7, 11) is 4.09. The first-order valence-electron chi connectivity index (χ1n) is 8.18. The molecule has 1 N–H and O–H groups in total. The summed E-state index contributed by atoms with van der Waals surface area (Å²) < 4.78 is 0. The quantitative estimate of drug-likeness (QED) is 0.872. The minimum atomic E-state index is -0.349. The van der Waals surface area contributed by atoms with Crippen molar-refractivity contribution in [1.82, 2.24) is 4.90 Å². The summed E-state index contributed by atoms with van der Waals surface area (Å²) in [5, 5.41) is 10.3. The second-order valence-corrected chi connectivity index (χ2v) is 6.94. The van der Waals surface area contributed by atoms with Crippen LogP contribution in [0.5, 0.6) is 0 Å². The van der Waals surface area contributed by atoms with Gasteiger partial charge in [0.2, 0.25) is 0 Å². The molecule has 1 aliphatic heterocycles. The van der Waals surface area contributed by atoms with E-state index >= 15 is 0 Å². The van der Waals surface area contributed by atoms with Crippen molar-refractivity contribution < 1.29 is 5.11 Å². The minimum absolute atomic E-state index is 0.349. The summed E-state index contributed by atoms with van der Waals surface area (Å²) in [4.78, 5) is 4.62. The minimum Gasteiger partial charge on any atom is -0.388 e. The average molecular weight is 290 g/mol. The Bertz CT molecular complexity index is 457. The number of aliphatic hydroxyl groups excluding tert-OH is 1. The van der Waals surface area contributed by atoms with E-state index in [2.05, 4.69) is 41.8 Å². The van der Waals surface area contributed by atoms with Crippen LogP contribution in [0.2, 0.25) is 0 Å². The summed E-state index contributed by atoms with van der Waals surface area (Å²) in [6, 6.07) is 6.55. The van der Waals surface area contributed by atoms with Gasteiger partial charge in [0.05, 0.1) is 6.10 Å². The molecular weight excluding hydrogens is 260 g/mol. The molecule has 0 aromatic heterocycles. The van der Waals surface area contributed by atoms with Gasteiger partial charge in [-0.15, -0.1) is 0 Å². The van der Waals surface area contributed by atoms with E-state index in [4.69, 9.17) is 0 Å². The molecule has 3 nitrogen and oxygen atoms in total. The van der Waals surface area contributed by atoms with Crippen LogP contribution in [-0.2, 0) is 6.42 Å². The number of nitrogens with zero attached hydrogens (tertiary/aromatic N) is 2. The van der Waals surface area contributed by atoms with Gasteiger partial charge in [-0.1, -0.05) is 26.0 Å². The maximum absolute atomic E-state index is 10.3. The predicted molar refractivity (Wildman–Crippen MR) is 89.9 cm³/mol. The lowest BCUT2D eigenvalue weighted by molar-refractivity contribution is 0.154. The Morgan fingerprint density at radius 2 is 2.05 bits per heavy atom. The summed E-state index contributed by atoms with van der Waals surface area (Å²) >= 11 is 0. The second-order valence-electron chi connectivity index (χ2n) is 6.94. The van der Waals surface area contributed by atoms with Gasteiger partial charge in [-0.2, -0.15) is 0 Å². The van der Waals surface area contributed by atoms with Crippen molar-refractivity contribution in [2.75, 3.05) is 38.6 Å². The zero-order chi connectivity index (χ0) is 15.4. The molecule has 0 saturated heterocycles. The van der Waals surface area contributed by atoms with Crippen LogP contribution in [0.25, 0.3) is 0 Å². The maximum Gasteiger partial charge on any atom is 0.0802 e. The van der Waals surface area contributed by atoms with E-state index in [0.717, 1.165) is 38.0 Å². The normalized spacial score (nSPS) is 16.4. The summed E-state index contributed by atoms with van der Waals surface area (Å²) in [6.45, 7) is 7.74. The van der Waals surface area contributed by atoms with Gasteiger partial charge in [0.1, 0.15) is 0 Å². The number of fused-ring (bicyclic) bond motifs is 1. The number of aryl methyl sites for hydroxylation is 1. The second kappa shape index (κ2) is 7.28. The van der Waals surface area contributed by atoms with Crippen LogP contribution >= 0.6 is 0 Å². The molecule has 3 heteroatoms. The fourth-order valence-electron chi connectivity index (χ4n) is 3.08. The Balaban J connectivity index is 2.11. The zero-order valence-electron chi connectivity index (χ0n) is 14.0. The van der Waals surface area contributed by atoms with Gasteiger partial charge in [-0.25, -0.2) is 0 Å². The molecule has 0 radical (unpaired) electrons. The fourth-order valence-corrected chi connectivity index (χ4v) is 3.08. The standard InChI is InChI=1S/C18H30N2O/c1-14(2)13-20-10-5-6-15-12-16(7-8-17(15)20)18(21)9-11-19(3)4/h7-8,12,14,18,21H,5-6,9-11,13H2,1-4H3. The number of hydrogen-bond acceptors (Lipinski definition) is 3. The highest BCUT2D eigenvalue weighted by atomic mass is 16.3. The van der Waals surface area contributed by atoms with Crippen LogP contribution in [0.3, 0.4) is 0 Å². The molecule has 118 valence electrons. The third-order valence-electron chi connectivity index (χ3n) is 4.14. The van der Waals surface area contributed by atoms with Crippen molar-refractivity contribution >= 4 is 5.69 Å². The fraction of sp³-hybridized carbons (Fsp3) is 0.667. The maximum atomic E-state index is 10.3. The molecule has 21 heavy (non-hydrogen) atoms. The van der Waals surface area contributed by atoms with Crippen molar-refractivity contribution in [3.05, 3.63) is 29.3 Å². The Hall–Kier alpha value is -1.06. The topological polar surface area (TPSA) is 26.7 Å². The number of rotatable bonds is 6. The van der Waals surface area contributed by atoms with Crippen LogP contribution in [0.1, 0.15) is 43.9 Å². The first kappa shape index (κ1) is 16.3. The van der Waals surface area contributed by atoms with E-state index in [9.17, 15) is 5.11 Å². The van der Waals surface area contributed by atoms with Crippen LogP contribution in [0, 0.1) is 5.92 Å². The molecule has 1 aromatic carbocycles. The monoisotopic (exact) mass is 290 g/mol. The SMILES string of the molecule is CC(C)CN1CCCc2cc(C(O)CCN(C)C)ccc21. The third-order valence-corrected chi connectivity index (χ3v) is 4.14. The highest BCUT2D eigenvalue weighted by Crippen LogP contribution is 2.31. The molecule has 0 amide bonds. The van der Waals surface area contributed by atoms with E-state index in [1.54, 1.807) is 0 Å². The lowest BCUT2D eigenvalue weighted by Crippen LogP contribution is -2.32. The van der Waals surface area contributed by atoms with Crippen molar-refractivity contribution in [3.63, 3.8) is 0 Å². The molecule has 0 bridgehead atoms. The average Bonchev–Trinajstić information content (AvgIpc) is 2.44. The van der Waals surface area contributed by atoms with E-state index in [1.807, 2.05) is 14.1 Å². The summed E-state index contributed by atoms with van der Waals surface area (Å²) in [5.41, 5.74) is 3.85. The van der Waals surface area contributed by atoms with Crippen LogP contribution in [0.15, 0.2) is 18.2 Å². The molecular formula is C18H30N2O. The molecule has 0 saturated carbocycles. The molecule has 0 fully saturated rings. The third kappa shape index (κ3) is 4.45. The molecule has 1 atom stereocenters. The smallest absolute Gasteiger partial charge is 0.0802 e. The highest BCUT2D eigenvalue weighted by molar-refractivity contribution is 5.57. The van der Waals surface area contributed by atoms with Crippen LogP contribution < -0.4 is 4.90 Å². The largest absolute Gasteiger partial charge is 0.388 e. The molecule has 0 spiro atoms. The van der Waals surface area contributed by atoms with Crippen molar-refractivity contribution in [2.24, 2.45) is 5.92 Å². The number of hydrogen-bond donors (Lipinski definition) is 1. The number of anilines is 1. The first-order chi connectivity index (χ1) is 9.97. The van der Waals surface area contributed by atoms with Gasteiger partial charge >= 0.3 is 0 Å². The van der Waals surface area contributed by atoms with E-state index in [-0.39, 0.29) is 6.10 Å². The Morgan fingerprint density at radius 1 is 1.29 bits per heavy atom. The predicted octanol–water partition coefficient (Wildman–Crippen LogP) is 3.08. The van der Waals surface area contributed by atoms with Crippen LogP contribution in [-0.4, -0.2) is 43.7 Å². The van der Waals surface area contributed by atoms with Gasteiger partial charge in [0, 0.05) is 25.3 Å². The molecule has 1 heterocycles. The molecule has 1 aliphatic rings. The summed E-state index contributed by atoms with van der Waals surface area (Å²) in [5.74, 6) is 0.682. The molecule has 1 aromatic rings. The lowest BCUT2D eigenvalue weighted by Gasteiger charge is -2.33. The lowest BCUT2D eigenvalue weighted by atomic mass is 9.95. The van der Waals surface area contributed by atoms with Gasteiger partial charge in [-0.3, -0.25) is 0 Å². The highest BCUT2D eigenvalue weighted by Gasteiger charge is 2.19. The van der Waals surface area contributed by atoms with Crippen molar-refractivity contribution in [2.45, 2.75) is 39.2 Å². The van der Waals surface area contributed by atoms with Gasteiger partial charge < -0.3 is 14.9 Å².